The molecule has 1 aromatic carbocycles. The van der Waals surface area contributed by atoms with Crippen LogP contribution in [0.5, 0.6) is 0 Å². The molecule has 3 aromatic rings. The number of nitrogens with one attached hydrogen (secondary N) is 2. The second kappa shape index (κ2) is 3.73. The molecule has 90 valence electrons. The highest BCUT2D eigenvalue weighted by Gasteiger charge is 2.05. The van der Waals surface area contributed by atoms with E-state index in [2.05, 4.69) is 9.97 Å². The van der Waals surface area contributed by atoms with E-state index in [0.29, 0.717) is 0 Å². The first-order chi connectivity index (χ1) is 8.65. The van der Waals surface area contributed by atoms with Crippen LogP contribution in [0, 0.1) is 6.92 Å². The zero-order valence-electron chi connectivity index (χ0n) is 9.73. The number of aryl methyl sites for hydroxylation is 1. The van der Waals surface area contributed by atoms with Crippen LogP contribution in [-0.2, 0) is 0 Å². The van der Waals surface area contributed by atoms with Gasteiger partial charge in [0.05, 0.1) is 5.69 Å². The minimum atomic E-state index is -0.437. The van der Waals surface area contributed by atoms with Gasteiger partial charge in [-0.05, 0) is 30.7 Å². The molecule has 2 aromatic heterocycles. The Balaban J connectivity index is 2.31. The summed E-state index contributed by atoms with van der Waals surface area (Å²) in [5.74, 6) is 0. The molecule has 2 heterocycles. The minimum Gasteiger partial charge on any atom is -0.361 e. The molecular formula is C13H11N3O2. The van der Waals surface area contributed by atoms with E-state index in [1.165, 1.54) is 16.8 Å². The molecule has 0 aliphatic carbocycles. The molecule has 0 bridgehead atoms. The van der Waals surface area contributed by atoms with E-state index in [1.807, 2.05) is 31.3 Å². The molecule has 0 amide bonds. The number of hydrogen-bond donors (Lipinski definition) is 2. The van der Waals surface area contributed by atoms with Crippen molar-refractivity contribution in [2.45, 2.75) is 6.92 Å². The lowest BCUT2D eigenvalue weighted by atomic mass is 10.1. The van der Waals surface area contributed by atoms with Gasteiger partial charge in [0, 0.05) is 29.4 Å². The van der Waals surface area contributed by atoms with Gasteiger partial charge < -0.3 is 4.98 Å². The molecule has 5 heteroatoms. The van der Waals surface area contributed by atoms with Crippen LogP contribution in [0.2, 0.25) is 0 Å². The Morgan fingerprint density at radius 3 is 2.78 bits per heavy atom. The van der Waals surface area contributed by atoms with E-state index in [-0.39, 0.29) is 0 Å². The highest BCUT2D eigenvalue weighted by atomic mass is 16.2. The van der Waals surface area contributed by atoms with Gasteiger partial charge in [0.15, 0.2) is 0 Å². The van der Waals surface area contributed by atoms with Crippen molar-refractivity contribution in [3.8, 4) is 5.69 Å². The summed E-state index contributed by atoms with van der Waals surface area (Å²) in [5, 5.41) is 1.12. The fourth-order valence-corrected chi connectivity index (χ4v) is 2.09. The van der Waals surface area contributed by atoms with Gasteiger partial charge in [-0.25, -0.2) is 4.79 Å². The van der Waals surface area contributed by atoms with Crippen LogP contribution < -0.4 is 11.2 Å². The van der Waals surface area contributed by atoms with E-state index >= 15 is 0 Å². The molecule has 0 saturated carbocycles. The van der Waals surface area contributed by atoms with Crippen molar-refractivity contribution in [1.29, 1.82) is 0 Å². The Morgan fingerprint density at radius 1 is 1.17 bits per heavy atom. The molecule has 0 radical (unpaired) electrons. The van der Waals surface area contributed by atoms with Crippen molar-refractivity contribution >= 4 is 10.9 Å². The monoisotopic (exact) mass is 241 g/mol. The first kappa shape index (κ1) is 10.6. The number of nitrogens with zero attached hydrogens (tertiary/aromatic N) is 1. The second-order valence-corrected chi connectivity index (χ2v) is 4.18. The average Bonchev–Trinajstić information content (AvgIpc) is 2.77. The van der Waals surface area contributed by atoms with Crippen LogP contribution >= 0.6 is 0 Å². The highest BCUT2D eigenvalue weighted by molar-refractivity contribution is 5.84. The van der Waals surface area contributed by atoms with Gasteiger partial charge in [-0.2, -0.15) is 0 Å². The van der Waals surface area contributed by atoms with Gasteiger partial charge in [-0.15, -0.1) is 0 Å². The summed E-state index contributed by atoms with van der Waals surface area (Å²) < 4.78 is 1.41. The molecule has 3 rings (SSSR count). The number of aromatic amines is 2. The van der Waals surface area contributed by atoms with Crippen LogP contribution in [0.25, 0.3) is 16.6 Å². The van der Waals surface area contributed by atoms with Crippen molar-refractivity contribution in [3.63, 3.8) is 0 Å². The van der Waals surface area contributed by atoms with Crippen molar-refractivity contribution in [1.82, 2.24) is 14.5 Å². The Bertz CT molecular complexity index is 839. The van der Waals surface area contributed by atoms with Gasteiger partial charge in [0.2, 0.25) is 0 Å². The van der Waals surface area contributed by atoms with Gasteiger partial charge >= 0.3 is 5.69 Å². The maximum absolute atomic E-state index is 11.7. The van der Waals surface area contributed by atoms with Crippen molar-refractivity contribution in [2.24, 2.45) is 0 Å². The molecule has 0 spiro atoms. The maximum Gasteiger partial charge on any atom is 0.332 e. The van der Waals surface area contributed by atoms with Crippen LogP contribution in [0.3, 0.4) is 0 Å². The fraction of sp³-hybridized carbons (Fsp3) is 0.0769. The number of H-pyrrole nitrogens is 2. The molecule has 18 heavy (non-hydrogen) atoms. The predicted molar refractivity (Wildman–Crippen MR) is 69.3 cm³/mol. The van der Waals surface area contributed by atoms with Gasteiger partial charge in [-0.1, -0.05) is 0 Å². The number of aromatic nitrogens is 3. The second-order valence-electron chi connectivity index (χ2n) is 4.18. The number of benzene rings is 1. The first-order valence-corrected chi connectivity index (χ1v) is 5.55. The lowest BCUT2D eigenvalue weighted by molar-refractivity contribution is 0.896. The van der Waals surface area contributed by atoms with Crippen LogP contribution in [-0.4, -0.2) is 14.5 Å². The summed E-state index contributed by atoms with van der Waals surface area (Å²) in [7, 11) is 0. The van der Waals surface area contributed by atoms with E-state index in [4.69, 9.17) is 0 Å². The Labute approximate surface area is 102 Å². The van der Waals surface area contributed by atoms with Crippen LogP contribution in [0.1, 0.15) is 5.56 Å². The molecule has 0 saturated heterocycles. The van der Waals surface area contributed by atoms with E-state index in [9.17, 15) is 9.59 Å². The van der Waals surface area contributed by atoms with Gasteiger partial charge in [0.1, 0.15) is 0 Å². The molecule has 0 fully saturated rings. The summed E-state index contributed by atoms with van der Waals surface area (Å²) in [5.41, 5.74) is 1.93. The standard InChI is InChI=1S/C13H11N3O2/c1-8-6-9(7-11-10(8)2-4-14-11)16-5-3-12(17)15-13(16)18/h2-7,14H,1H3,(H,15,17,18). The number of hydrogen-bond acceptors (Lipinski definition) is 2. The van der Waals surface area contributed by atoms with Crippen molar-refractivity contribution in [3.05, 3.63) is 63.1 Å². The molecular weight excluding hydrogens is 230 g/mol. The highest BCUT2D eigenvalue weighted by Crippen LogP contribution is 2.20. The zero-order chi connectivity index (χ0) is 12.7. The average molecular weight is 241 g/mol. The number of fused-ring (bicyclic) bond motifs is 1. The van der Waals surface area contributed by atoms with Gasteiger partial charge in [-0.3, -0.25) is 14.3 Å². The van der Waals surface area contributed by atoms with Crippen molar-refractivity contribution in [2.75, 3.05) is 0 Å². The SMILES string of the molecule is Cc1cc(-n2ccc(=O)[nH]c2=O)cc2[nH]ccc12. The Kier molecular flexibility index (Phi) is 2.19. The third kappa shape index (κ3) is 1.57. The third-order valence-corrected chi connectivity index (χ3v) is 2.96. The normalized spacial score (nSPS) is 10.9. The summed E-state index contributed by atoms with van der Waals surface area (Å²) in [6.07, 6.45) is 3.34. The van der Waals surface area contributed by atoms with E-state index in [1.54, 1.807) is 0 Å². The maximum atomic E-state index is 11.7. The lowest BCUT2D eigenvalue weighted by Crippen LogP contribution is -2.27. The number of rotatable bonds is 1. The smallest absolute Gasteiger partial charge is 0.332 e. The molecule has 0 atom stereocenters. The first-order valence-electron chi connectivity index (χ1n) is 5.55. The van der Waals surface area contributed by atoms with Gasteiger partial charge in [0.25, 0.3) is 5.56 Å². The van der Waals surface area contributed by atoms with Crippen LogP contribution in [0.15, 0.2) is 46.2 Å². The molecule has 0 aliphatic heterocycles. The minimum absolute atomic E-state index is 0.395. The molecule has 0 unspecified atom stereocenters. The Morgan fingerprint density at radius 2 is 2.00 bits per heavy atom. The quantitative estimate of drug-likeness (QED) is 0.674. The fourth-order valence-electron chi connectivity index (χ4n) is 2.09. The molecule has 2 N–H and O–H groups in total. The zero-order valence-corrected chi connectivity index (χ0v) is 9.73. The summed E-state index contributed by atoms with van der Waals surface area (Å²) in [6.45, 7) is 1.98. The third-order valence-electron chi connectivity index (χ3n) is 2.96. The molecule has 0 aliphatic rings. The topological polar surface area (TPSA) is 70.7 Å². The molecule has 5 nitrogen and oxygen atoms in total. The summed E-state index contributed by atoms with van der Waals surface area (Å²) in [4.78, 5) is 28.1. The predicted octanol–water partition coefficient (Wildman–Crippen LogP) is 1.32. The van der Waals surface area contributed by atoms with Crippen LogP contribution in [0.4, 0.5) is 0 Å². The lowest BCUT2D eigenvalue weighted by Gasteiger charge is -2.06. The summed E-state index contributed by atoms with van der Waals surface area (Å²) >= 11 is 0. The summed E-state index contributed by atoms with van der Waals surface area (Å²) in [6, 6.07) is 7.11. The van der Waals surface area contributed by atoms with E-state index < -0.39 is 11.2 Å². The van der Waals surface area contributed by atoms with Crippen molar-refractivity contribution < 1.29 is 0 Å². The van der Waals surface area contributed by atoms with E-state index in [0.717, 1.165) is 22.2 Å². The largest absolute Gasteiger partial charge is 0.361 e. The Hall–Kier alpha value is -2.56.